The maximum atomic E-state index is 8.57. The molecule has 0 aliphatic rings. The van der Waals surface area contributed by atoms with Gasteiger partial charge in [0.15, 0.2) is 0 Å². The van der Waals surface area contributed by atoms with E-state index in [1.165, 1.54) is 0 Å². The summed E-state index contributed by atoms with van der Waals surface area (Å²) < 4.78 is 0. The van der Waals surface area contributed by atoms with Crippen molar-refractivity contribution >= 4 is 17.3 Å². The van der Waals surface area contributed by atoms with Crippen LogP contribution in [0.4, 0.5) is 0 Å². The van der Waals surface area contributed by atoms with E-state index in [1.54, 1.807) is 0 Å². The molecule has 3 heteroatoms. The van der Waals surface area contributed by atoms with Crippen LogP contribution in [0, 0.1) is 0 Å². The first kappa shape index (κ1) is 8.82. The minimum Gasteiger partial charge on any atom is -0.285 e. The van der Waals surface area contributed by atoms with E-state index in [9.17, 15) is 0 Å². The molecule has 1 nitrogen and oxygen atoms in total. The number of rotatable bonds is 0. The van der Waals surface area contributed by atoms with Gasteiger partial charge in [-0.2, -0.15) is 0 Å². The molecule has 0 aromatic carbocycles. The largest absolute Gasteiger partial charge is 0.285 e. The van der Waals surface area contributed by atoms with Crippen molar-refractivity contribution in [3.8, 4) is 0 Å². The predicted octanol–water partition coefficient (Wildman–Crippen LogP) is 0.413. The summed E-state index contributed by atoms with van der Waals surface area (Å²) in [7, 11) is 0. The minimum atomic E-state index is 0. The van der Waals surface area contributed by atoms with Crippen LogP contribution in [0.5, 0.6) is 0 Å². The summed E-state index contributed by atoms with van der Waals surface area (Å²) >= 11 is 4.32. The Hall–Kier alpha value is 0.674. The summed E-state index contributed by atoms with van der Waals surface area (Å²) in [6.07, 6.45) is 0. The van der Waals surface area contributed by atoms with Gasteiger partial charge in [0.25, 0.3) is 0 Å². The van der Waals surface area contributed by atoms with E-state index in [-0.39, 0.29) is 27.5 Å². The molecule has 0 bridgehead atoms. The molecular formula is CHClOTi. The van der Waals surface area contributed by atoms with Crippen LogP contribution in [-0.4, -0.2) is 5.75 Å². The Morgan fingerprint density at radius 2 is 1.75 bits per heavy atom. The number of hydrogen-bond donors (Lipinski definition) is 0. The van der Waals surface area contributed by atoms with Gasteiger partial charge < -0.3 is 0 Å². The van der Waals surface area contributed by atoms with Gasteiger partial charge in [-0.25, -0.2) is 0 Å². The van der Waals surface area contributed by atoms with E-state index in [0.717, 1.165) is 0 Å². The Balaban J connectivity index is 0. The SMILES string of the molecule is O=CCl.[Ti]. The molecule has 0 radical (unpaired) electrons. The zero-order valence-corrected chi connectivity index (χ0v) is 4.18. The second kappa shape index (κ2) is 9.37. The summed E-state index contributed by atoms with van der Waals surface area (Å²) in [6, 6.07) is 0. The van der Waals surface area contributed by atoms with Crippen molar-refractivity contribution < 1.29 is 26.5 Å². The molecule has 0 atom stereocenters. The molecule has 0 fully saturated rings. The van der Waals surface area contributed by atoms with Gasteiger partial charge in [0.05, 0.1) is 0 Å². The van der Waals surface area contributed by atoms with Crippen molar-refractivity contribution in [1.82, 2.24) is 0 Å². The van der Waals surface area contributed by atoms with Crippen LogP contribution in [0.1, 0.15) is 0 Å². The van der Waals surface area contributed by atoms with E-state index < -0.39 is 0 Å². The zero-order valence-electron chi connectivity index (χ0n) is 1.86. The van der Waals surface area contributed by atoms with Crippen LogP contribution in [0.15, 0.2) is 0 Å². The first-order chi connectivity index (χ1) is 1.41. The van der Waals surface area contributed by atoms with Crippen LogP contribution in [0.2, 0.25) is 0 Å². The summed E-state index contributed by atoms with van der Waals surface area (Å²) in [5.41, 5.74) is 0. The normalized spacial score (nSPS) is 3.25. The molecule has 0 spiro atoms. The van der Waals surface area contributed by atoms with Gasteiger partial charge in [-0.3, -0.25) is 4.79 Å². The molecule has 0 saturated heterocycles. The van der Waals surface area contributed by atoms with Gasteiger partial charge in [-0.15, -0.1) is 0 Å². The molecule has 4 heavy (non-hydrogen) atoms. The van der Waals surface area contributed by atoms with Gasteiger partial charge in [0, 0.05) is 21.7 Å². The molecular weight excluding hydrogens is 111 g/mol. The third kappa shape index (κ3) is 16.5. The quantitative estimate of drug-likeness (QED) is 0.252. The number of carbonyl (C=O) groups excluding carboxylic acids is 1. The van der Waals surface area contributed by atoms with Gasteiger partial charge in [0.2, 0.25) is 5.75 Å². The van der Waals surface area contributed by atoms with E-state index in [2.05, 4.69) is 11.6 Å². The predicted molar refractivity (Wildman–Crippen MR) is 12.6 cm³/mol. The molecule has 0 amide bonds. The molecule has 0 heterocycles. The second-order valence-corrected chi connectivity index (χ2v) is 0.267. The zero-order chi connectivity index (χ0) is 2.71. The van der Waals surface area contributed by atoms with Crippen LogP contribution < -0.4 is 0 Å². The van der Waals surface area contributed by atoms with Gasteiger partial charge >= 0.3 is 0 Å². The molecule has 0 unspecified atom stereocenters. The Bertz CT molecular complexity index is 15.5. The third-order valence-corrected chi connectivity index (χ3v) is 0. The molecule has 22 valence electrons. The Morgan fingerprint density at radius 3 is 1.75 bits per heavy atom. The fourth-order valence-corrected chi connectivity index (χ4v) is 0. The summed E-state index contributed by atoms with van der Waals surface area (Å²) in [4.78, 5) is 8.57. The van der Waals surface area contributed by atoms with Crippen molar-refractivity contribution in [2.24, 2.45) is 0 Å². The van der Waals surface area contributed by atoms with E-state index in [0.29, 0.717) is 0 Å². The standard InChI is InChI=1S/CHClO.Ti/c2-1-3;/h1H;. The Morgan fingerprint density at radius 1 is 1.75 bits per heavy atom. The monoisotopic (exact) mass is 112 g/mol. The molecule has 0 N–H and O–H groups in total. The van der Waals surface area contributed by atoms with E-state index in [1.807, 2.05) is 0 Å². The second-order valence-electron chi connectivity index (χ2n) is 0.0891. The van der Waals surface area contributed by atoms with Crippen molar-refractivity contribution in [2.75, 3.05) is 0 Å². The maximum absolute atomic E-state index is 8.57. The van der Waals surface area contributed by atoms with Crippen LogP contribution in [-0.2, 0) is 26.5 Å². The molecule has 0 saturated carbocycles. The van der Waals surface area contributed by atoms with Crippen molar-refractivity contribution in [1.29, 1.82) is 0 Å². The Kier molecular flexibility index (Phi) is 20.7. The van der Waals surface area contributed by atoms with E-state index in [4.69, 9.17) is 4.79 Å². The Labute approximate surface area is 44.2 Å². The summed E-state index contributed by atoms with van der Waals surface area (Å²) in [6.45, 7) is 0. The fourth-order valence-electron chi connectivity index (χ4n) is 0. The van der Waals surface area contributed by atoms with Crippen LogP contribution in [0.25, 0.3) is 0 Å². The third-order valence-electron chi connectivity index (χ3n) is 0. The number of halogens is 1. The first-order valence-corrected chi connectivity index (χ1v) is 0.890. The van der Waals surface area contributed by atoms with Crippen molar-refractivity contribution in [3.63, 3.8) is 0 Å². The minimum absolute atomic E-state index is 0. The summed E-state index contributed by atoms with van der Waals surface area (Å²) in [5.74, 6) is 0.222. The number of carbonyl (C=O) groups is 1. The molecule has 0 aliphatic carbocycles. The first-order valence-electron chi connectivity index (χ1n) is 0.454. The molecule has 0 aromatic rings. The van der Waals surface area contributed by atoms with E-state index >= 15 is 0 Å². The molecule has 0 aromatic heterocycles. The van der Waals surface area contributed by atoms with Gasteiger partial charge in [0.1, 0.15) is 0 Å². The van der Waals surface area contributed by atoms with Crippen molar-refractivity contribution in [3.05, 3.63) is 0 Å². The maximum Gasteiger partial charge on any atom is 0.208 e. The fraction of sp³-hybridized carbons (Fsp3) is 0. The molecule has 0 rings (SSSR count). The smallest absolute Gasteiger partial charge is 0.208 e. The summed E-state index contributed by atoms with van der Waals surface area (Å²) in [5, 5.41) is 0. The van der Waals surface area contributed by atoms with Crippen LogP contribution >= 0.6 is 11.6 Å². The van der Waals surface area contributed by atoms with Gasteiger partial charge in [-0.05, 0) is 11.6 Å². The van der Waals surface area contributed by atoms with Crippen molar-refractivity contribution in [2.45, 2.75) is 0 Å². The average Bonchev–Trinajstić information content (AvgIpc) is 0.918. The van der Waals surface area contributed by atoms with Gasteiger partial charge in [-0.1, -0.05) is 0 Å². The average molecular weight is 112 g/mol. The topological polar surface area (TPSA) is 17.1 Å². The molecule has 0 aliphatic heterocycles. The van der Waals surface area contributed by atoms with Crippen LogP contribution in [0.3, 0.4) is 0 Å². The number of hydrogen-bond acceptors (Lipinski definition) is 1.